The van der Waals surface area contributed by atoms with Gasteiger partial charge in [0.2, 0.25) is 10.0 Å². The normalized spacial score (nSPS) is 17.0. The maximum Gasteiger partial charge on any atom is 0.241 e. The molecule has 1 saturated heterocycles. The van der Waals surface area contributed by atoms with Crippen molar-refractivity contribution in [3.05, 3.63) is 64.2 Å². The molecule has 1 aliphatic heterocycles. The van der Waals surface area contributed by atoms with E-state index in [1.54, 1.807) is 0 Å². The third-order valence-corrected chi connectivity index (χ3v) is 7.68. The Morgan fingerprint density at radius 2 is 1.52 bits per heavy atom. The summed E-state index contributed by atoms with van der Waals surface area (Å²) in [6.45, 7) is 9.38. The van der Waals surface area contributed by atoms with Gasteiger partial charge >= 0.3 is 0 Å². The van der Waals surface area contributed by atoms with Gasteiger partial charge in [-0.25, -0.2) is 13.1 Å². The molecule has 1 fully saturated rings. The molecule has 0 bridgehead atoms. The monoisotopic (exact) mass is 387 g/mol. The van der Waals surface area contributed by atoms with E-state index in [2.05, 4.69) is 16.9 Å². The highest BCUT2D eigenvalue weighted by atomic mass is 32.2. The molecular formula is C22H29NO3S. The molecule has 0 aromatic heterocycles. The summed E-state index contributed by atoms with van der Waals surface area (Å²) in [6.07, 6.45) is 1.62. The maximum absolute atomic E-state index is 13.3. The van der Waals surface area contributed by atoms with E-state index in [0.29, 0.717) is 24.7 Å². The van der Waals surface area contributed by atoms with Crippen LogP contribution in [0.15, 0.2) is 41.3 Å². The molecule has 0 saturated carbocycles. The van der Waals surface area contributed by atoms with E-state index in [4.69, 9.17) is 4.74 Å². The van der Waals surface area contributed by atoms with Crippen LogP contribution < -0.4 is 4.72 Å². The molecule has 2 aromatic carbocycles. The van der Waals surface area contributed by atoms with Crippen LogP contribution in [0.3, 0.4) is 0 Å². The minimum Gasteiger partial charge on any atom is -0.381 e. The van der Waals surface area contributed by atoms with Crippen LogP contribution in [0.1, 0.15) is 40.7 Å². The van der Waals surface area contributed by atoms with Crippen molar-refractivity contribution >= 4 is 10.0 Å². The van der Waals surface area contributed by atoms with Gasteiger partial charge in [0, 0.05) is 25.2 Å². The largest absolute Gasteiger partial charge is 0.381 e. The molecule has 1 aliphatic rings. The third-order valence-electron chi connectivity index (χ3n) is 6.00. The molecule has 5 heteroatoms. The molecule has 0 radical (unpaired) electrons. The molecule has 1 heterocycles. The Hall–Kier alpha value is -1.69. The number of benzene rings is 2. The Morgan fingerprint density at radius 3 is 2.07 bits per heavy atom. The molecule has 0 atom stereocenters. The van der Waals surface area contributed by atoms with Gasteiger partial charge in [-0.05, 0) is 68.4 Å². The smallest absolute Gasteiger partial charge is 0.241 e. The molecule has 4 nitrogen and oxygen atoms in total. The number of rotatable bonds is 5. The van der Waals surface area contributed by atoms with E-state index in [1.807, 2.05) is 52.0 Å². The fourth-order valence-electron chi connectivity index (χ4n) is 4.01. The molecule has 27 heavy (non-hydrogen) atoms. The molecule has 0 spiro atoms. The van der Waals surface area contributed by atoms with Gasteiger partial charge in [-0.15, -0.1) is 0 Å². The molecule has 146 valence electrons. The molecule has 2 aromatic rings. The first-order valence-corrected chi connectivity index (χ1v) is 11.0. The minimum absolute atomic E-state index is 0.229. The van der Waals surface area contributed by atoms with Gasteiger partial charge in [0.25, 0.3) is 0 Å². The first-order chi connectivity index (χ1) is 12.8. The van der Waals surface area contributed by atoms with Crippen LogP contribution in [0.4, 0.5) is 0 Å². The highest BCUT2D eigenvalue weighted by molar-refractivity contribution is 7.89. The van der Waals surface area contributed by atoms with Crippen LogP contribution in [-0.4, -0.2) is 28.2 Å². The third kappa shape index (κ3) is 3.96. The molecule has 0 amide bonds. The van der Waals surface area contributed by atoms with Crippen LogP contribution in [-0.2, 0) is 20.2 Å². The SMILES string of the molecule is Cc1cc(C)c(C)c(S(=O)(=O)NCC2(c3ccccc3)CCOCC2)c1C. The topological polar surface area (TPSA) is 55.4 Å². The zero-order chi connectivity index (χ0) is 19.7. The van der Waals surface area contributed by atoms with E-state index >= 15 is 0 Å². The second kappa shape index (κ2) is 7.74. The standard InChI is InChI=1S/C22H29NO3S/c1-16-14-17(2)19(4)21(18(16)3)27(24,25)23-15-22(10-12-26-13-11-22)20-8-6-5-7-9-20/h5-9,14,23H,10-13,15H2,1-4H3. The van der Waals surface area contributed by atoms with Gasteiger partial charge in [0.1, 0.15) is 0 Å². The van der Waals surface area contributed by atoms with E-state index < -0.39 is 10.0 Å². The van der Waals surface area contributed by atoms with Crippen LogP contribution in [0.25, 0.3) is 0 Å². The summed E-state index contributed by atoms with van der Waals surface area (Å²) in [5.74, 6) is 0. The Balaban J connectivity index is 1.94. The van der Waals surface area contributed by atoms with Gasteiger partial charge in [-0.1, -0.05) is 36.4 Å². The summed E-state index contributed by atoms with van der Waals surface area (Å²) in [6, 6.07) is 12.2. The van der Waals surface area contributed by atoms with Gasteiger partial charge in [0.15, 0.2) is 0 Å². The van der Waals surface area contributed by atoms with Gasteiger partial charge < -0.3 is 4.74 Å². The highest BCUT2D eigenvalue weighted by Gasteiger charge is 2.36. The van der Waals surface area contributed by atoms with Gasteiger partial charge in [0.05, 0.1) is 4.90 Å². The van der Waals surface area contributed by atoms with Crippen molar-refractivity contribution in [2.75, 3.05) is 19.8 Å². The van der Waals surface area contributed by atoms with Crippen molar-refractivity contribution in [1.82, 2.24) is 4.72 Å². The fourth-order valence-corrected chi connectivity index (χ4v) is 5.75. The average molecular weight is 388 g/mol. The van der Waals surface area contributed by atoms with Crippen molar-refractivity contribution in [2.45, 2.75) is 50.8 Å². The first kappa shape index (κ1) is 20.1. The number of aryl methyl sites for hydroxylation is 2. The highest BCUT2D eigenvalue weighted by Crippen LogP contribution is 2.35. The van der Waals surface area contributed by atoms with Gasteiger partial charge in [-0.2, -0.15) is 0 Å². The lowest BCUT2D eigenvalue weighted by Crippen LogP contribution is -2.44. The summed E-state index contributed by atoms with van der Waals surface area (Å²) >= 11 is 0. The molecule has 0 aliphatic carbocycles. The van der Waals surface area contributed by atoms with Crippen LogP contribution >= 0.6 is 0 Å². The lowest BCUT2D eigenvalue weighted by atomic mass is 9.74. The van der Waals surface area contributed by atoms with Crippen LogP contribution in [0, 0.1) is 27.7 Å². The Morgan fingerprint density at radius 1 is 0.963 bits per heavy atom. The van der Waals surface area contributed by atoms with Crippen molar-refractivity contribution in [3.8, 4) is 0 Å². The summed E-state index contributed by atoms with van der Waals surface area (Å²) in [7, 11) is -3.60. The van der Waals surface area contributed by atoms with Crippen molar-refractivity contribution in [1.29, 1.82) is 0 Å². The summed E-state index contributed by atoms with van der Waals surface area (Å²) in [5, 5.41) is 0. The van der Waals surface area contributed by atoms with Crippen LogP contribution in [0.2, 0.25) is 0 Å². The number of ether oxygens (including phenoxy) is 1. The Bertz CT molecular complexity index is 888. The second-order valence-electron chi connectivity index (χ2n) is 7.67. The lowest BCUT2D eigenvalue weighted by molar-refractivity contribution is 0.0517. The average Bonchev–Trinajstić information content (AvgIpc) is 2.66. The lowest BCUT2D eigenvalue weighted by Gasteiger charge is -2.38. The maximum atomic E-state index is 13.3. The molecule has 0 unspecified atom stereocenters. The summed E-state index contributed by atoms with van der Waals surface area (Å²) in [4.78, 5) is 0.426. The predicted octanol–water partition coefficient (Wildman–Crippen LogP) is 3.95. The summed E-state index contributed by atoms with van der Waals surface area (Å²) < 4.78 is 35.0. The van der Waals surface area contributed by atoms with E-state index in [1.165, 1.54) is 5.56 Å². The van der Waals surface area contributed by atoms with Gasteiger partial charge in [-0.3, -0.25) is 0 Å². The zero-order valence-corrected chi connectivity index (χ0v) is 17.4. The zero-order valence-electron chi connectivity index (χ0n) is 16.6. The quantitative estimate of drug-likeness (QED) is 0.845. The predicted molar refractivity (Wildman–Crippen MR) is 109 cm³/mol. The minimum atomic E-state index is -3.60. The van der Waals surface area contributed by atoms with E-state index in [-0.39, 0.29) is 5.41 Å². The van der Waals surface area contributed by atoms with Crippen molar-refractivity contribution in [3.63, 3.8) is 0 Å². The first-order valence-electron chi connectivity index (χ1n) is 9.47. The Kier molecular flexibility index (Phi) is 5.75. The Labute approximate surface area is 163 Å². The summed E-state index contributed by atoms with van der Waals surface area (Å²) in [5.41, 5.74) is 4.60. The second-order valence-corrected chi connectivity index (χ2v) is 9.38. The van der Waals surface area contributed by atoms with Crippen molar-refractivity contribution < 1.29 is 13.2 Å². The van der Waals surface area contributed by atoms with Crippen molar-refractivity contribution in [2.24, 2.45) is 0 Å². The molecule has 1 N–H and O–H groups in total. The fraction of sp³-hybridized carbons (Fsp3) is 0.455. The van der Waals surface area contributed by atoms with E-state index in [9.17, 15) is 8.42 Å². The molecular weight excluding hydrogens is 358 g/mol. The molecule has 3 rings (SSSR count). The number of hydrogen-bond acceptors (Lipinski definition) is 3. The van der Waals surface area contributed by atoms with E-state index in [0.717, 1.165) is 35.1 Å². The number of sulfonamides is 1. The van der Waals surface area contributed by atoms with Crippen LogP contribution in [0.5, 0.6) is 0 Å². The number of hydrogen-bond donors (Lipinski definition) is 1. The number of nitrogens with one attached hydrogen (secondary N) is 1.